The van der Waals surface area contributed by atoms with Gasteiger partial charge in [0.2, 0.25) is 6.79 Å². The molecule has 4 rings (SSSR count). The first-order chi connectivity index (χ1) is 11.2. The number of ketones is 2. The number of fused-ring (bicyclic) bond motifs is 2. The van der Waals surface area contributed by atoms with Crippen LogP contribution in [0.2, 0.25) is 0 Å². The van der Waals surface area contributed by atoms with Gasteiger partial charge >= 0.3 is 0 Å². The van der Waals surface area contributed by atoms with Crippen LogP contribution in [0.1, 0.15) is 20.7 Å². The standard InChI is InChI=1S/C18H13NO4/c20-17-12-3-1-2-4-13(12)18(21)14(17)7-8-19-11-5-6-15-16(9-11)23-10-22-15/h1-7,9,19H,8,10H2. The number of allylic oxidation sites excluding steroid dienone is 1. The van der Waals surface area contributed by atoms with Gasteiger partial charge in [0.15, 0.2) is 23.1 Å². The van der Waals surface area contributed by atoms with Crippen LogP contribution in [-0.2, 0) is 0 Å². The average molecular weight is 307 g/mol. The lowest BCUT2D eigenvalue weighted by Gasteiger charge is -2.05. The Balaban J connectivity index is 1.50. The summed E-state index contributed by atoms with van der Waals surface area (Å²) in [5.41, 5.74) is 2.01. The van der Waals surface area contributed by atoms with Crippen LogP contribution in [0.3, 0.4) is 0 Å². The fourth-order valence-electron chi connectivity index (χ4n) is 2.74. The van der Waals surface area contributed by atoms with Crippen molar-refractivity contribution in [1.82, 2.24) is 0 Å². The minimum Gasteiger partial charge on any atom is -0.454 e. The molecule has 1 N–H and O–H groups in total. The van der Waals surface area contributed by atoms with Gasteiger partial charge in [-0.05, 0) is 12.1 Å². The van der Waals surface area contributed by atoms with Gasteiger partial charge in [-0.1, -0.05) is 30.3 Å². The van der Waals surface area contributed by atoms with Gasteiger partial charge in [-0.2, -0.15) is 0 Å². The van der Waals surface area contributed by atoms with Gasteiger partial charge in [0.05, 0.1) is 5.57 Å². The van der Waals surface area contributed by atoms with Crippen LogP contribution < -0.4 is 14.8 Å². The van der Waals surface area contributed by atoms with E-state index in [-0.39, 0.29) is 23.9 Å². The highest BCUT2D eigenvalue weighted by atomic mass is 16.7. The summed E-state index contributed by atoms with van der Waals surface area (Å²) in [6, 6.07) is 12.4. The fraction of sp³-hybridized carbons (Fsp3) is 0.111. The molecule has 0 amide bonds. The molecule has 5 nitrogen and oxygen atoms in total. The van der Waals surface area contributed by atoms with Crippen molar-refractivity contribution in [3.8, 4) is 11.5 Å². The second-order valence-corrected chi connectivity index (χ2v) is 5.27. The molecule has 5 heteroatoms. The van der Waals surface area contributed by atoms with Crippen molar-refractivity contribution in [3.05, 3.63) is 65.2 Å². The maximum absolute atomic E-state index is 12.2. The highest BCUT2D eigenvalue weighted by Crippen LogP contribution is 2.34. The van der Waals surface area contributed by atoms with Crippen molar-refractivity contribution in [2.24, 2.45) is 0 Å². The maximum atomic E-state index is 12.2. The van der Waals surface area contributed by atoms with E-state index in [0.717, 1.165) is 5.69 Å². The number of ether oxygens (including phenoxy) is 2. The summed E-state index contributed by atoms with van der Waals surface area (Å²) in [4.78, 5) is 24.5. The minimum atomic E-state index is -0.210. The Morgan fingerprint density at radius 1 is 0.957 bits per heavy atom. The summed E-state index contributed by atoms with van der Waals surface area (Å²) in [6.45, 7) is 0.602. The van der Waals surface area contributed by atoms with Gasteiger partial charge in [-0.25, -0.2) is 0 Å². The molecule has 0 fully saturated rings. The third-order valence-electron chi connectivity index (χ3n) is 3.89. The first-order valence-corrected chi connectivity index (χ1v) is 7.26. The van der Waals surface area contributed by atoms with Crippen LogP contribution in [0.25, 0.3) is 0 Å². The number of hydrogen-bond acceptors (Lipinski definition) is 5. The molecule has 114 valence electrons. The molecule has 1 aliphatic carbocycles. The van der Waals surface area contributed by atoms with Crippen molar-refractivity contribution in [2.75, 3.05) is 18.7 Å². The van der Waals surface area contributed by atoms with Crippen LogP contribution >= 0.6 is 0 Å². The van der Waals surface area contributed by atoms with Crippen LogP contribution in [-0.4, -0.2) is 24.9 Å². The van der Waals surface area contributed by atoms with Crippen molar-refractivity contribution >= 4 is 17.3 Å². The molecule has 2 aromatic rings. The molecule has 0 aromatic heterocycles. The number of anilines is 1. The molecule has 0 atom stereocenters. The average Bonchev–Trinajstić information content (AvgIpc) is 3.13. The summed E-state index contributed by atoms with van der Waals surface area (Å²) in [5.74, 6) is 0.977. The zero-order chi connectivity index (χ0) is 15.8. The van der Waals surface area contributed by atoms with E-state index in [1.807, 2.05) is 18.2 Å². The molecule has 0 saturated carbocycles. The Bertz CT molecular complexity index is 817. The Hall–Kier alpha value is -3.08. The molecule has 2 aromatic carbocycles. The Morgan fingerprint density at radius 3 is 2.39 bits per heavy atom. The largest absolute Gasteiger partial charge is 0.454 e. The number of hydrogen-bond donors (Lipinski definition) is 1. The normalized spacial score (nSPS) is 14.9. The van der Waals surface area contributed by atoms with Gasteiger partial charge in [-0.3, -0.25) is 9.59 Å². The first-order valence-electron chi connectivity index (χ1n) is 7.26. The van der Waals surface area contributed by atoms with E-state index in [1.165, 1.54) is 0 Å². The van der Waals surface area contributed by atoms with Gasteiger partial charge in [0.25, 0.3) is 0 Å². The molecular formula is C18H13NO4. The van der Waals surface area contributed by atoms with E-state index in [4.69, 9.17) is 9.47 Å². The van der Waals surface area contributed by atoms with Crippen LogP contribution in [0, 0.1) is 0 Å². The SMILES string of the molecule is O=C1C(=CCNc2ccc3c(c2)OCO3)C(=O)c2ccccc21. The van der Waals surface area contributed by atoms with Crippen LogP contribution in [0.4, 0.5) is 5.69 Å². The Labute approximate surface area is 132 Å². The predicted octanol–water partition coefficient (Wildman–Crippen LogP) is 2.83. The number of Topliss-reactive ketones (excluding diaryl/α,β-unsaturated/α-hetero) is 2. The summed E-state index contributed by atoms with van der Waals surface area (Å²) in [6.07, 6.45) is 1.63. The number of carbonyl (C=O) groups is 2. The molecule has 2 aliphatic rings. The quantitative estimate of drug-likeness (QED) is 0.698. The molecule has 23 heavy (non-hydrogen) atoms. The molecule has 1 heterocycles. The third kappa shape index (κ3) is 2.26. The molecule has 1 aliphatic heterocycles. The zero-order valence-corrected chi connectivity index (χ0v) is 12.2. The molecule has 0 saturated heterocycles. The summed E-state index contributed by atoms with van der Waals surface area (Å²) >= 11 is 0. The number of benzene rings is 2. The summed E-state index contributed by atoms with van der Waals surface area (Å²) in [7, 11) is 0. The van der Waals surface area contributed by atoms with E-state index >= 15 is 0 Å². The van der Waals surface area contributed by atoms with Crippen LogP contribution in [0.15, 0.2) is 54.1 Å². The number of carbonyl (C=O) groups excluding carboxylic acids is 2. The molecular weight excluding hydrogens is 294 g/mol. The Morgan fingerprint density at radius 2 is 1.65 bits per heavy atom. The lowest BCUT2D eigenvalue weighted by Crippen LogP contribution is -2.05. The molecule has 0 bridgehead atoms. The minimum absolute atomic E-state index is 0.210. The van der Waals surface area contributed by atoms with E-state index in [9.17, 15) is 9.59 Å². The van der Waals surface area contributed by atoms with Crippen molar-refractivity contribution < 1.29 is 19.1 Å². The zero-order valence-electron chi connectivity index (χ0n) is 12.2. The van der Waals surface area contributed by atoms with E-state index in [0.29, 0.717) is 29.2 Å². The smallest absolute Gasteiger partial charge is 0.231 e. The highest BCUT2D eigenvalue weighted by Gasteiger charge is 2.32. The second-order valence-electron chi connectivity index (χ2n) is 5.27. The van der Waals surface area contributed by atoms with Gasteiger partial charge in [-0.15, -0.1) is 0 Å². The predicted molar refractivity (Wildman–Crippen MR) is 84.2 cm³/mol. The summed E-state index contributed by atoms with van der Waals surface area (Å²) in [5, 5.41) is 3.15. The van der Waals surface area contributed by atoms with Crippen LogP contribution in [0.5, 0.6) is 11.5 Å². The van der Waals surface area contributed by atoms with E-state index in [2.05, 4.69) is 5.32 Å². The molecule has 0 radical (unpaired) electrons. The van der Waals surface area contributed by atoms with Gasteiger partial charge in [0.1, 0.15) is 0 Å². The summed E-state index contributed by atoms with van der Waals surface area (Å²) < 4.78 is 10.6. The topological polar surface area (TPSA) is 64.6 Å². The monoisotopic (exact) mass is 307 g/mol. The van der Waals surface area contributed by atoms with Crippen molar-refractivity contribution in [3.63, 3.8) is 0 Å². The lowest BCUT2D eigenvalue weighted by atomic mass is 10.1. The molecule has 0 spiro atoms. The Kier molecular flexibility index (Phi) is 3.12. The fourth-order valence-corrected chi connectivity index (χ4v) is 2.74. The number of rotatable bonds is 3. The van der Waals surface area contributed by atoms with E-state index in [1.54, 1.807) is 30.3 Å². The lowest BCUT2D eigenvalue weighted by molar-refractivity contribution is 0.0988. The van der Waals surface area contributed by atoms with Crippen molar-refractivity contribution in [2.45, 2.75) is 0 Å². The van der Waals surface area contributed by atoms with Gasteiger partial charge < -0.3 is 14.8 Å². The molecule has 0 unspecified atom stereocenters. The van der Waals surface area contributed by atoms with Crippen molar-refractivity contribution in [1.29, 1.82) is 0 Å². The first kappa shape index (κ1) is 13.6. The highest BCUT2D eigenvalue weighted by molar-refractivity contribution is 6.39. The van der Waals surface area contributed by atoms with E-state index < -0.39 is 0 Å². The second kappa shape index (κ2) is 5.28. The number of nitrogens with one attached hydrogen (secondary N) is 1. The third-order valence-corrected chi connectivity index (χ3v) is 3.89. The van der Waals surface area contributed by atoms with Gasteiger partial charge in [0, 0.05) is 29.4 Å². The maximum Gasteiger partial charge on any atom is 0.231 e.